The van der Waals surface area contributed by atoms with Crippen molar-refractivity contribution in [2.75, 3.05) is 53.1 Å². The standard InChI is InChI=1S/C31H33F2N7O5S/c1-2-44-27(41)18-46(42,43)37-20-3-4-22(25(15-20)38-11-8-30(6-7-30)9-12-38)29-36-35-28(45-29)19-13-21-5-10-34-40(21)26(14-19)39-16-23-24(17-39)31(23,32)33/h3-5,10,13-15,23-24,37H,2,6-9,11-12,16-18H2,1H3. The Kier molecular flexibility index (Phi) is 6.57. The van der Waals surface area contributed by atoms with Crippen LogP contribution >= 0.6 is 0 Å². The summed E-state index contributed by atoms with van der Waals surface area (Å²) in [5.41, 5.74) is 3.51. The summed E-state index contributed by atoms with van der Waals surface area (Å²) in [6.45, 7) is 3.80. The number of alkyl halides is 2. The number of sulfonamides is 1. The molecule has 4 aromatic rings. The molecule has 0 amide bonds. The van der Waals surface area contributed by atoms with E-state index < -0.39 is 39.5 Å². The molecule has 0 bridgehead atoms. The fourth-order valence-corrected chi connectivity index (χ4v) is 7.97. The number of esters is 1. The minimum atomic E-state index is -4.00. The second kappa shape index (κ2) is 10.4. The van der Waals surface area contributed by atoms with Gasteiger partial charge in [-0.25, -0.2) is 21.7 Å². The average Bonchev–Trinajstić information content (AvgIpc) is 3.53. The Bertz CT molecular complexity index is 1930. The quantitative estimate of drug-likeness (QED) is 0.259. The van der Waals surface area contributed by atoms with Gasteiger partial charge >= 0.3 is 5.97 Å². The zero-order chi connectivity index (χ0) is 31.8. The SMILES string of the molecule is CCOC(=O)CS(=O)(=O)Nc1ccc(-c2nnc(-c3cc(N4CC5C(C4)C5(F)F)n4nccc4c3)o2)c(N2CCC3(CC2)CC3)c1. The number of hydrogen-bond acceptors (Lipinski definition) is 10. The van der Waals surface area contributed by atoms with Crippen molar-refractivity contribution < 1.29 is 31.1 Å². The first kappa shape index (κ1) is 29.2. The highest BCUT2D eigenvalue weighted by atomic mass is 32.2. The van der Waals surface area contributed by atoms with E-state index in [-0.39, 0.29) is 31.5 Å². The van der Waals surface area contributed by atoms with Crippen LogP contribution in [-0.2, 0) is 19.6 Å². The molecule has 242 valence electrons. The summed E-state index contributed by atoms with van der Waals surface area (Å²) in [5.74, 6) is -4.29. The molecule has 1 spiro atoms. The molecule has 2 saturated heterocycles. The molecular weight excluding hydrogens is 620 g/mol. The van der Waals surface area contributed by atoms with Crippen LogP contribution in [0.1, 0.15) is 32.6 Å². The molecule has 2 aliphatic heterocycles. The third-order valence-electron chi connectivity index (χ3n) is 9.91. The van der Waals surface area contributed by atoms with E-state index in [1.54, 1.807) is 35.8 Å². The molecule has 46 heavy (non-hydrogen) atoms. The Morgan fingerprint density at radius 1 is 1.02 bits per heavy atom. The molecule has 12 nitrogen and oxygen atoms in total. The van der Waals surface area contributed by atoms with Gasteiger partial charge in [-0.1, -0.05) is 0 Å². The van der Waals surface area contributed by atoms with E-state index in [9.17, 15) is 22.0 Å². The second-order valence-electron chi connectivity index (χ2n) is 12.9. The number of anilines is 3. The molecule has 8 rings (SSSR count). The van der Waals surface area contributed by atoms with Gasteiger partial charge in [-0.05, 0) is 74.4 Å². The molecule has 2 saturated carbocycles. The molecular formula is C31H33F2N7O5S. The summed E-state index contributed by atoms with van der Waals surface area (Å²) < 4.78 is 68.6. The number of benzene rings is 1. The first-order valence-corrected chi connectivity index (χ1v) is 17.2. The van der Waals surface area contributed by atoms with Gasteiger partial charge < -0.3 is 19.0 Å². The van der Waals surface area contributed by atoms with Gasteiger partial charge in [0.2, 0.25) is 21.8 Å². The van der Waals surface area contributed by atoms with Crippen molar-refractivity contribution >= 4 is 38.7 Å². The summed E-state index contributed by atoms with van der Waals surface area (Å²) in [7, 11) is -4.00. The normalized spacial score (nSPS) is 22.7. The van der Waals surface area contributed by atoms with E-state index >= 15 is 0 Å². The first-order chi connectivity index (χ1) is 22.0. The zero-order valence-electron chi connectivity index (χ0n) is 25.2. The number of piperidine rings is 2. The van der Waals surface area contributed by atoms with Crippen molar-refractivity contribution in [1.29, 1.82) is 0 Å². The Balaban J connectivity index is 1.11. The summed E-state index contributed by atoms with van der Waals surface area (Å²) in [6, 6.07) is 10.6. The lowest BCUT2D eigenvalue weighted by molar-refractivity contribution is -0.139. The number of aromatic nitrogens is 4. The monoisotopic (exact) mass is 653 g/mol. The highest BCUT2D eigenvalue weighted by Crippen LogP contribution is 2.60. The number of nitrogens with one attached hydrogen (secondary N) is 1. The fourth-order valence-electron chi connectivity index (χ4n) is 7.02. The maximum atomic E-state index is 13.9. The van der Waals surface area contributed by atoms with Crippen LogP contribution < -0.4 is 14.5 Å². The summed E-state index contributed by atoms with van der Waals surface area (Å²) >= 11 is 0. The molecule has 15 heteroatoms. The van der Waals surface area contributed by atoms with Crippen LogP contribution in [0.15, 0.2) is 47.0 Å². The Hall–Kier alpha value is -4.27. The summed E-state index contributed by atoms with van der Waals surface area (Å²) in [6.07, 6.45) is 6.21. The van der Waals surface area contributed by atoms with E-state index in [1.807, 2.05) is 23.1 Å². The molecule has 3 aromatic heterocycles. The predicted molar refractivity (Wildman–Crippen MR) is 165 cm³/mol. The van der Waals surface area contributed by atoms with Gasteiger partial charge in [-0.2, -0.15) is 5.10 Å². The lowest BCUT2D eigenvalue weighted by Crippen LogP contribution is -2.34. The van der Waals surface area contributed by atoms with Crippen molar-refractivity contribution in [3.63, 3.8) is 0 Å². The Morgan fingerprint density at radius 3 is 2.48 bits per heavy atom. The largest absolute Gasteiger partial charge is 0.465 e. The summed E-state index contributed by atoms with van der Waals surface area (Å²) in [4.78, 5) is 16.0. The van der Waals surface area contributed by atoms with E-state index in [4.69, 9.17) is 9.15 Å². The Morgan fingerprint density at radius 2 is 1.76 bits per heavy atom. The van der Waals surface area contributed by atoms with Crippen LogP contribution in [0.3, 0.4) is 0 Å². The first-order valence-electron chi connectivity index (χ1n) is 15.5. The van der Waals surface area contributed by atoms with Gasteiger partial charge in [0.25, 0.3) is 5.92 Å². The number of ether oxygens (including phenoxy) is 1. The third kappa shape index (κ3) is 5.13. The molecule has 2 atom stereocenters. The van der Waals surface area contributed by atoms with Crippen LogP contribution in [0.4, 0.5) is 26.0 Å². The average molecular weight is 654 g/mol. The molecule has 4 fully saturated rings. The Labute approximate surface area is 263 Å². The number of hydrogen-bond donors (Lipinski definition) is 1. The molecule has 1 aromatic carbocycles. The van der Waals surface area contributed by atoms with Crippen LogP contribution in [0.2, 0.25) is 0 Å². The lowest BCUT2D eigenvalue weighted by Gasteiger charge is -2.35. The van der Waals surface area contributed by atoms with Gasteiger partial charge in [0.1, 0.15) is 5.82 Å². The van der Waals surface area contributed by atoms with Gasteiger partial charge in [-0.3, -0.25) is 9.52 Å². The third-order valence-corrected chi connectivity index (χ3v) is 11.1. The topological polar surface area (TPSA) is 135 Å². The number of carbonyl (C=O) groups is 1. The van der Waals surface area contributed by atoms with Crippen LogP contribution in [0, 0.1) is 17.3 Å². The molecule has 4 aliphatic rings. The van der Waals surface area contributed by atoms with E-state index in [0.29, 0.717) is 28.0 Å². The molecule has 5 heterocycles. The highest BCUT2D eigenvalue weighted by Gasteiger charge is 2.71. The number of pyridine rings is 1. The maximum absolute atomic E-state index is 13.9. The van der Waals surface area contributed by atoms with Gasteiger partial charge in [0.15, 0.2) is 5.75 Å². The maximum Gasteiger partial charge on any atom is 0.323 e. The number of nitrogens with zero attached hydrogens (tertiary/aromatic N) is 6. The minimum Gasteiger partial charge on any atom is -0.465 e. The number of carbonyl (C=O) groups excluding carboxylic acids is 1. The lowest BCUT2D eigenvalue weighted by atomic mass is 9.93. The van der Waals surface area contributed by atoms with Crippen molar-refractivity contribution in [3.05, 3.63) is 42.6 Å². The van der Waals surface area contributed by atoms with Crippen molar-refractivity contribution in [1.82, 2.24) is 19.8 Å². The molecule has 2 unspecified atom stereocenters. The van der Waals surface area contributed by atoms with Crippen LogP contribution in [0.5, 0.6) is 0 Å². The highest BCUT2D eigenvalue weighted by molar-refractivity contribution is 7.93. The molecule has 1 N–H and O–H groups in total. The number of fused-ring (bicyclic) bond motifs is 2. The van der Waals surface area contributed by atoms with Crippen molar-refractivity contribution in [2.45, 2.75) is 38.5 Å². The van der Waals surface area contributed by atoms with E-state index in [2.05, 4.69) is 24.9 Å². The van der Waals surface area contributed by atoms with E-state index in [0.717, 1.165) is 37.1 Å². The van der Waals surface area contributed by atoms with Crippen molar-refractivity contribution in [2.24, 2.45) is 17.3 Å². The summed E-state index contributed by atoms with van der Waals surface area (Å²) in [5, 5.41) is 13.1. The molecule has 0 radical (unpaired) electrons. The minimum absolute atomic E-state index is 0.0889. The smallest absolute Gasteiger partial charge is 0.323 e. The second-order valence-corrected chi connectivity index (χ2v) is 14.6. The predicted octanol–water partition coefficient (Wildman–Crippen LogP) is 4.44. The van der Waals surface area contributed by atoms with Crippen molar-refractivity contribution in [3.8, 4) is 22.9 Å². The zero-order valence-corrected chi connectivity index (χ0v) is 26.0. The van der Waals surface area contributed by atoms with Crippen LogP contribution in [0.25, 0.3) is 28.4 Å². The van der Waals surface area contributed by atoms with Gasteiger partial charge in [0, 0.05) is 31.7 Å². The van der Waals surface area contributed by atoms with Gasteiger partial charge in [0.05, 0.1) is 47.1 Å². The fraction of sp³-hybridized carbons (Fsp3) is 0.484. The number of rotatable bonds is 9. The molecule has 2 aliphatic carbocycles. The van der Waals surface area contributed by atoms with Crippen LogP contribution in [-0.4, -0.2) is 78.7 Å². The van der Waals surface area contributed by atoms with Gasteiger partial charge in [-0.15, -0.1) is 10.2 Å². The number of halogens is 2. The van der Waals surface area contributed by atoms with E-state index in [1.165, 1.54) is 12.8 Å².